The van der Waals surface area contributed by atoms with E-state index in [1.807, 2.05) is 0 Å². The number of rotatable bonds is 9. The highest BCUT2D eigenvalue weighted by Gasteiger charge is 2.37. The van der Waals surface area contributed by atoms with Crippen molar-refractivity contribution >= 4 is 29.3 Å². The van der Waals surface area contributed by atoms with Crippen LogP contribution in [0.4, 0.5) is 14.5 Å². The minimum Gasteiger partial charge on any atom is -0.347 e. The zero-order valence-corrected chi connectivity index (χ0v) is 19.3. The highest BCUT2D eigenvalue weighted by Crippen LogP contribution is 2.35. The lowest BCUT2D eigenvalue weighted by molar-refractivity contribution is -0.124. The number of carbonyl (C=O) groups excluding carboxylic acids is 2. The summed E-state index contributed by atoms with van der Waals surface area (Å²) in [6, 6.07) is 24.7. The molecule has 0 bridgehead atoms. The van der Waals surface area contributed by atoms with Crippen molar-refractivity contribution in [2.24, 2.45) is 5.92 Å². The van der Waals surface area contributed by atoms with Crippen LogP contribution in [0, 0.1) is 5.92 Å². The molecule has 0 aromatic heterocycles. The molecule has 1 unspecified atom stereocenters. The Morgan fingerprint density at radius 2 is 1.39 bits per heavy atom. The van der Waals surface area contributed by atoms with Gasteiger partial charge in [-0.3, -0.25) is 14.5 Å². The molecule has 0 saturated carbocycles. The Kier molecular flexibility index (Phi) is 8.22. The number of benzene rings is 3. The van der Waals surface area contributed by atoms with Gasteiger partial charge in [0, 0.05) is 16.1 Å². The molecule has 0 radical (unpaired) electrons. The van der Waals surface area contributed by atoms with Crippen LogP contribution in [-0.4, -0.2) is 29.7 Å². The molecule has 0 fully saturated rings. The summed E-state index contributed by atoms with van der Waals surface area (Å²) >= 11 is 0.387. The molecule has 3 aromatic carbocycles. The van der Waals surface area contributed by atoms with E-state index in [4.69, 9.17) is 0 Å². The first-order valence-electron chi connectivity index (χ1n) is 10.6. The van der Waals surface area contributed by atoms with Crippen molar-refractivity contribution in [1.82, 2.24) is 5.32 Å². The molecule has 0 heterocycles. The first-order chi connectivity index (χ1) is 15.8. The van der Waals surface area contributed by atoms with Crippen molar-refractivity contribution < 1.29 is 18.4 Å². The standard InChI is InChI=1S/C26H26F2N2O2S/c1-19(2)23(24(31)29-18-26(27,28)33-22-16-10-5-11-17-22)30(21-14-8-4-9-15-21)25(32)20-12-6-3-7-13-20/h3-17,19,23H,18H2,1-2H3,(H,29,31). The number of hydrogen-bond acceptors (Lipinski definition) is 3. The molecular weight excluding hydrogens is 442 g/mol. The number of thioether (sulfide) groups is 1. The summed E-state index contributed by atoms with van der Waals surface area (Å²) in [6.07, 6.45) is 0. The summed E-state index contributed by atoms with van der Waals surface area (Å²) in [6.45, 7) is 2.72. The van der Waals surface area contributed by atoms with Crippen LogP contribution in [-0.2, 0) is 4.79 Å². The van der Waals surface area contributed by atoms with Crippen LogP contribution in [0.5, 0.6) is 0 Å². The molecule has 0 aliphatic carbocycles. The predicted molar refractivity (Wildman–Crippen MR) is 129 cm³/mol. The zero-order valence-electron chi connectivity index (χ0n) is 18.4. The van der Waals surface area contributed by atoms with Gasteiger partial charge in [-0.15, -0.1) is 0 Å². The summed E-state index contributed by atoms with van der Waals surface area (Å²) in [5.74, 6) is -1.33. The second-order valence-corrected chi connectivity index (χ2v) is 9.11. The Morgan fingerprint density at radius 3 is 1.94 bits per heavy atom. The first kappa shape index (κ1) is 24.5. The monoisotopic (exact) mass is 468 g/mol. The van der Waals surface area contributed by atoms with Crippen LogP contribution in [0.3, 0.4) is 0 Å². The average Bonchev–Trinajstić information content (AvgIpc) is 2.82. The third-order valence-corrected chi connectivity index (χ3v) is 5.88. The van der Waals surface area contributed by atoms with Crippen molar-refractivity contribution in [1.29, 1.82) is 0 Å². The van der Waals surface area contributed by atoms with Crippen molar-refractivity contribution in [2.75, 3.05) is 11.4 Å². The van der Waals surface area contributed by atoms with Crippen molar-refractivity contribution in [3.8, 4) is 0 Å². The van der Waals surface area contributed by atoms with Crippen LogP contribution in [0.25, 0.3) is 0 Å². The Morgan fingerprint density at radius 1 is 0.879 bits per heavy atom. The van der Waals surface area contributed by atoms with Gasteiger partial charge in [0.2, 0.25) is 5.91 Å². The largest absolute Gasteiger partial charge is 0.347 e. The van der Waals surface area contributed by atoms with Crippen LogP contribution in [0.1, 0.15) is 24.2 Å². The van der Waals surface area contributed by atoms with Crippen LogP contribution in [0.15, 0.2) is 95.9 Å². The molecule has 172 valence electrons. The van der Waals surface area contributed by atoms with E-state index in [9.17, 15) is 18.4 Å². The fourth-order valence-electron chi connectivity index (χ4n) is 3.42. The Balaban J connectivity index is 1.84. The highest BCUT2D eigenvalue weighted by molar-refractivity contribution is 8.00. The van der Waals surface area contributed by atoms with Gasteiger partial charge in [0.15, 0.2) is 0 Å². The molecule has 1 N–H and O–H groups in total. The maximum absolute atomic E-state index is 14.5. The van der Waals surface area contributed by atoms with Crippen LogP contribution < -0.4 is 10.2 Å². The van der Waals surface area contributed by atoms with Gasteiger partial charge in [-0.2, -0.15) is 8.78 Å². The molecule has 4 nitrogen and oxygen atoms in total. The second kappa shape index (κ2) is 11.1. The van der Waals surface area contributed by atoms with E-state index in [1.165, 1.54) is 4.90 Å². The van der Waals surface area contributed by atoms with Gasteiger partial charge in [-0.05, 0) is 42.3 Å². The van der Waals surface area contributed by atoms with Crippen LogP contribution in [0.2, 0.25) is 0 Å². The fourth-order valence-corrected chi connectivity index (χ4v) is 4.20. The predicted octanol–water partition coefficient (Wildman–Crippen LogP) is 5.86. The van der Waals surface area contributed by atoms with Gasteiger partial charge in [-0.25, -0.2) is 0 Å². The van der Waals surface area contributed by atoms with Crippen molar-refractivity contribution in [3.05, 3.63) is 96.6 Å². The lowest BCUT2D eigenvalue weighted by Gasteiger charge is -2.34. The molecule has 0 aliphatic heterocycles. The summed E-state index contributed by atoms with van der Waals surface area (Å²) in [4.78, 5) is 28.4. The molecule has 0 spiro atoms. The molecule has 1 atom stereocenters. The normalized spacial score (nSPS) is 12.3. The van der Waals surface area contributed by atoms with Crippen LogP contribution >= 0.6 is 11.8 Å². The SMILES string of the molecule is CC(C)C(C(=O)NCC(F)(F)Sc1ccccc1)N(C(=O)c1ccccc1)c1ccccc1. The van der Waals surface area contributed by atoms with Crippen molar-refractivity contribution in [2.45, 2.75) is 30.0 Å². The van der Waals surface area contributed by atoms with Gasteiger partial charge in [0.1, 0.15) is 6.04 Å². The first-order valence-corrected chi connectivity index (χ1v) is 11.4. The molecule has 0 aliphatic rings. The number of hydrogen-bond donors (Lipinski definition) is 1. The third-order valence-electron chi connectivity index (χ3n) is 4.93. The number of carbonyl (C=O) groups is 2. The maximum Gasteiger partial charge on any atom is 0.315 e. The van der Waals surface area contributed by atoms with Crippen molar-refractivity contribution in [3.63, 3.8) is 0 Å². The van der Waals surface area contributed by atoms with E-state index >= 15 is 0 Å². The summed E-state index contributed by atoms with van der Waals surface area (Å²) in [5, 5.41) is -0.831. The quantitative estimate of drug-likeness (QED) is 0.400. The Bertz CT molecular complexity index is 1050. The fraction of sp³-hybridized carbons (Fsp3) is 0.231. The summed E-state index contributed by atoms with van der Waals surface area (Å²) in [5.41, 5.74) is 0.926. The molecule has 2 amide bonds. The Labute approximate surface area is 197 Å². The number of nitrogens with one attached hydrogen (secondary N) is 1. The Hall–Kier alpha value is -3.19. The number of amides is 2. The second-order valence-electron chi connectivity index (χ2n) is 7.84. The third kappa shape index (κ3) is 6.65. The van der Waals surface area contributed by atoms with E-state index in [0.29, 0.717) is 27.9 Å². The van der Waals surface area contributed by atoms with Gasteiger partial charge < -0.3 is 5.32 Å². The summed E-state index contributed by atoms with van der Waals surface area (Å²) < 4.78 is 29.1. The molecule has 3 rings (SSSR count). The van der Waals surface area contributed by atoms with Gasteiger partial charge in [0.25, 0.3) is 5.91 Å². The lowest BCUT2D eigenvalue weighted by atomic mass is 9.99. The van der Waals surface area contributed by atoms with Gasteiger partial charge >= 0.3 is 5.25 Å². The van der Waals surface area contributed by atoms with Gasteiger partial charge in [-0.1, -0.05) is 80.2 Å². The maximum atomic E-state index is 14.5. The van der Waals surface area contributed by atoms with E-state index in [1.54, 1.807) is 105 Å². The molecular formula is C26H26F2N2O2S. The molecule has 33 heavy (non-hydrogen) atoms. The lowest BCUT2D eigenvalue weighted by Crippen LogP contribution is -2.54. The highest BCUT2D eigenvalue weighted by atomic mass is 32.2. The minimum atomic E-state index is -3.21. The van der Waals surface area contributed by atoms with E-state index in [0.717, 1.165) is 0 Å². The number of nitrogens with zero attached hydrogens (tertiary/aromatic N) is 1. The number of alkyl halides is 2. The minimum absolute atomic E-state index is 0.326. The number of halogens is 2. The van der Waals surface area contributed by atoms with E-state index in [2.05, 4.69) is 5.32 Å². The summed E-state index contributed by atoms with van der Waals surface area (Å²) in [7, 11) is 0. The van der Waals surface area contributed by atoms with E-state index in [-0.39, 0.29) is 11.8 Å². The molecule has 7 heteroatoms. The zero-order chi connectivity index (χ0) is 23.8. The topological polar surface area (TPSA) is 49.4 Å². The smallest absolute Gasteiger partial charge is 0.315 e. The average molecular weight is 469 g/mol. The number of anilines is 1. The molecule has 0 saturated heterocycles. The van der Waals surface area contributed by atoms with E-state index < -0.39 is 23.7 Å². The number of para-hydroxylation sites is 1. The molecule has 3 aromatic rings. The van der Waals surface area contributed by atoms with Gasteiger partial charge in [0.05, 0.1) is 6.54 Å².